The predicted molar refractivity (Wildman–Crippen MR) is 72.0 cm³/mol. The maximum absolute atomic E-state index is 3.25. The molecule has 2 aromatic rings. The maximum atomic E-state index is 3.25. The molecule has 1 aromatic carbocycles. The lowest BCUT2D eigenvalue weighted by Gasteiger charge is -2.33. The molecule has 1 saturated heterocycles. The van der Waals surface area contributed by atoms with Crippen molar-refractivity contribution in [1.82, 2.24) is 9.88 Å². The molecule has 0 aliphatic carbocycles. The van der Waals surface area contributed by atoms with E-state index in [9.17, 15) is 0 Å². The normalized spacial score (nSPS) is 22.1. The molecule has 1 aliphatic heterocycles. The van der Waals surface area contributed by atoms with E-state index >= 15 is 0 Å². The average Bonchev–Trinajstić information content (AvgIpc) is 2.79. The Hall–Kier alpha value is -1.28. The van der Waals surface area contributed by atoms with Crippen LogP contribution in [0.4, 0.5) is 0 Å². The smallest absolute Gasteiger partial charge is 0.0454 e. The van der Waals surface area contributed by atoms with E-state index in [1.165, 1.54) is 42.3 Å². The second-order valence-corrected chi connectivity index (χ2v) is 5.21. The molecule has 0 radical (unpaired) electrons. The molecule has 0 saturated carbocycles. The zero-order chi connectivity index (χ0) is 11.7. The Labute approximate surface area is 103 Å². The molecular weight excluding hydrogens is 208 g/mol. The van der Waals surface area contributed by atoms with Crippen molar-refractivity contribution in [3.63, 3.8) is 0 Å². The van der Waals surface area contributed by atoms with E-state index in [1.54, 1.807) is 0 Å². The summed E-state index contributed by atoms with van der Waals surface area (Å²) in [6.07, 6.45) is 6.12. The van der Waals surface area contributed by atoms with Gasteiger partial charge in [-0.1, -0.05) is 12.5 Å². The molecule has 1 fully saturated rings. The van der Waals surface area contributed by atoms with Gasteiger partial charge in [-0.3, -0.25) is 4.90 Å². The Morgan fingerprint density at radius 2 is 2.24 bits per heavy atom. The summed E-state index contributed by atoms with van der Waals surface area (Å²) < 4.78 is 0. The molecule has 2 heteroatoms. The van der Waals surface area contributed by atoms with Gasteiger partial charge in [0.2, 0.25) is 0 Å². The van der Waals surface area contributed by atoms with Crippen LogP contribution in [0.3, 0.4) is 0 Å². The molecule has 90 valence electrons. The minimum Gasteiger partial charge on any atom is -0.361 e. The largest absolute Gasteiger partial charge is 0.361 e. The molecule has 0 bridgehead atoms. The first-order chi connectivity index (χ1) is 8.33. The Bertz CT molecular complexity index is 500. The summed E-state index contributed by atoms with van der Waals surface area (Å²) in [4.78, 5) is 5.85. The third kappa shape index (κ3) is 2.22. The van der Waals surface area contributed by atoms with Crippen LogP contribution in [0.25, 0.3) is 10.9 Å². The van der Waals surface area contributed by atoms with Gasteiger partial charge >= 0.3 is 0 Å². The number of rotatable bonds is 2. The lowest BCUT2D eigenvalue weighted by Crippen LogP contribution is -2.36. The second-order valence-electron chi connectivity index (χ2n) is 5.21. The standard InChI is InChI=1S/C15H20N2/c1-12-4-2-3-9-17(12)11-13-5-6-15-14(10-13)7-8-16-15/h5-8,10,12,16H,2-4,9,11H2,1H3/t12-/m1/s1. The van der Waals surface area contributed by atoms with Gasteiger partial charge in [0.25, 0.3) is 0 Å². The van der Waals surface area contributed by atoms with E-state index in [1.807, 2.05) is 6.20 Å². The Balaban J connectivity index is 1.79. The van der Waals surface area contributed by atoms with E-state index in [2.05, 4.69) is 41.1 Å². The molecule has 1 aromatic heterocycles. The first kappa shape index (κ1) is 10.8. The number of likely N-dealkylation sites (tertiary alicyclic amines) is 1. The van der Waals surface area contributed by atoms with Crippen molar-refractivity contribution in [3.05, 3.63) is 36.0 Å². The van der Waals surface area contributed by atoms with Gasteiger partial charge in [-0.15, -0.1) is 0 Å². The lowest BCUT2D eigenvalue weighted by molar-refractivity contribution is 0.152. The van der Waals surface area contributed by atoms with Crippen LogP contribution in [-0.4, -0.2) is 22.5 Å². The highest BCUT2D eigenvalue weighted by Crippen LogP contribution is 2.21. The number of aromatic amines is 1. The predicted octanol–water partition coefficient (Wildman–Crippen LogP) is 3.54. The van der Waals surface area contributed by atoms with Gasteiger partial charge in [-0.05, 0) is 55.5 Å². The summed E-state index contributed by atoms with van der Waals surface area (Å²) in [7, 11) is 0. The number of hydrogen-bond donors (Lipinski definition) is 1. The van der Waals surface area contributed by atoms with E-state index in [0.29, 0.717) is 0 Å². The molecule has 0 spiro atoms. The Morgan fingerprint density at radius 3 is 3.12 bits per heavy atom. The van der Waals surface area contributed by atoms with Gasteiger partial charge in [-0.25, -0.2) is 0 Å². The molecule has 3 rings (SSSR count). The molecule has 1 atom stereocenters. The van der Waals surface area contributed by atoms with Gasteiger partial charge in [-0.2, -0.15) is 0 Å². The third-order valence-corrected chi connectivity index (χ3v) is 3.94. The molecule has 0 unspecified atom stereocenters. The fourth-order valence-corrected chi connectivity index (χ4v) is 2.83. The minimum absolute atomic E-state index is 0.741. The van der Waals surface area contributed by atoms with Crippen molar-refractivity contribution in [3.8, 4) is 0 Å². The van der Waals surface area contributed by atoms with Crippen LogP contribution in [0.5, 0.6) is 0 Å². The molecule has 17 heavy (non-hydrogen) atoms. The Morgan fingerprint density at radius 1 is 1.29 bits per heavy atom. The number of fused-ring (bicyclic) bond motifs is 1. The second kappa shape index (κ2) is 4.53. The average molecular weight is 228 g/mol. The van der Waals surface area contributed by atoms with Crippen LogP contribution < -0.4 is 0 Å². The molecule has 0 amide bonds. The monoisotopic (exact) mass is 228 g/mol. The van der Waals surface area contributed by atoms with Crippen LogP contribution in [-0.2, 0) is 6.54 Å². The summed E-state index contributed by atoms with van der Waals surface area (Å²) >= 11 is 0. The molecule has 1 N–H and O–H groups in total. The van der Waals surface area contributed by atoms with Gasteiger partial charge in [0.1, 0.15) is 0 Å². The van der Waals surface area contributed by atoms with Crippen LogP contribution >= 0.6 is 0 Å². The van der Waals surface area contributed by atoms with E-state index in [0.717, 1.165) is 12.6 Å². The van der Waals surface area contributed by atoms with Gasteiger partial charge in [0.05, 0.1) is 0 Å². The van der Waals surface area contributed by atoms with Crippen molar-refractivity contribution < 1.29 is 0 Å². The van der Waals surface area contributed by atoms with Crippen molar-refractivity contribution in [2.75, 3.05) is 6.54 Å². The van der Waals surface area contributed by atoms with Crippen molar-refractivity contribution in [1.29, 1.82) is 0 Å². The van der Waals surface area contributed by atoms with Crippen LogP contribution in [0.2, 0.25) is 0 Å². The zero-order valence-corrected chi connectivity index (χ0v) is 10.4. The topological polar surface area (TPSA) is 19.0 Å². The quantitative estimate of drug-likeness (QED) is 0.833. The number of nitrogens with zero attached hydrogens (tertiary/aromatic N) is 1. The van der Waals surface area contributed by atoms with E-state index < -0.39 is 0 Å². The molecule has 1 aliphatic rings. The summed E-state index contributed by atoms with van der Waals surface area (Å²) in [6, 6.07) is 9.65. The number of benzene rings is 1. The first-order valence-corrected chi connectivity index (χ1v) is 6.63. The number of piperidine rings is 1. The number of nitrogens with one attached hydrogen (secondary N) is 1. The van der Waals surface area contributed by atoms with Gasteiger partial charge in [0.15, 0.2) is 0 Å². The van der Waals surface area contributed by atoms with Crippen LogP contribution in [0.1, 0.15) is 31.7 Å². The fraction of sp³-hybridized carbons (Fsp3) is 0.467. The molecular formula is C15H20N2. The summed E-state index contributed by atoms with van der Waals surface area (Å²) in [5.74, 6) is 0. The van der Waals surface area contributed by atoms with Gasteiger partial charge in [0, 0.05) is 24.3 Å². The SMILES string of the molecule is C[C@@H]1CCCCN1Cc1ccc2[nH]ccc2c1. The number of H-pyrrole nitrogens is 1. The van der Waals surface area contributed by atoms with E-state index in [4.69, 9.17) is 0 Å². The van der Waals surface area contributed by atoms with Crippen molar-refractivity contribution in [2.24, 2.45) is 0 Å². The highest BCUT2D eigenvalue weighted by molar-refractivity contribution is 5.79. The summed E-state index contributed by atoms with van der Waals surface area (Å²) in [5.41, 5.74) is 2.67. The summed E-state index contributed by atoms with van der Waals surface area (Å²) in [6.45, 7) is 4.71. The highest BCUT2D eigenvalue weighted by atomic mass is 15.2. The van der Waals surface area contributed by atoms with Crippen LogP contribution in [0, 0.1) is 0 Å². The maximum Gasteiger partial charge on any atom is 0.0454 e. The number of aromatic nitrogens is 1. The number of hydrogen-bond acceptors (Lipinski definition) is 1. The molecule has 2 nitrogen and oxygen atoms in total. The first-order valence-electron chi connectivity index (χ1n) is 6.63. The van der Waals surface area contributed by atoms with Crippen LogP contribution in [0.15, 0.2) is 30.5 Å². The van der Waals surface area contributed by atoms with E-state index in [-0.39, 0.29) is 0 Å². The fourth-order valence-electron chi connectivity index (χ4n) is 2.83. The van der Waals surface area contributed by atoms with Gasteiger partial charge < -0.3 is 4.98 Å². The van der Waals surface area contributed by atoms with Crippen molar-refractivity contribution in [2.45, 2.75) is 38.8 Å². The zero-order valence-electron chi connectivity index (χ0n) is 10.4. The lowest BCUT2D eigenvalue weighted by atomic mass is 10.0. The minimum atomic E-state index is 0.741. The highest BCUT2D eigenvalue weighted by Gasteiger charge is 2.17. The Kier molecular flexibility index (Phi) is 2.89. The summed E-state index contributed by atoms with van der Waals surface area (Å²) in [5, 5.41) is 1.33. The van der Waals surface area contributed by atoms with Crippen molar-refractivity contribution >= 4 is 10.9 Å². The molecule has 2 heterocycles. The third-order valence-electron chi connectivity index (χ3n) is 3.94.